The van der Waals surface area contributed by atoms with Crippen LogP contribution in [0.3, 0.4) is 0 Å². The Morgan fingerprint density at radius 2 is 2.22 bits per heavy atom. The van der Waals surface area contributed by atoms with Crippen LogP contribution in [0.1, 0.15) is 0 Å². The average molecular weight is 247 g/mol. The van der Waals surface area contributed by atoms with Gasteiger partial charge in [0.2, 0.25) is 0 Å². The Balaban J connectivity index is 2.46. The molecule has 1 heterocycles. The van der Waals surface area contributed by atoms with E-state index < -0.39 is 11.5 Å². The second-order valence-corrected chi connectivity index (χ2v) is 3.38. The molecule has 0 atom stereocenters. The molecule has 0 saturated heterocycles. The van der Waals surface area contributed by atoms with E-state index in [-0.39, 0.29) is 17.1 Å². The van der Waals surface area contributed by atoms with E-state index in [9.17, 15) is 14.7 Å². The highest BCUT2D eigenvalue weighted by Gasteiger charge is 2.08. The fourth-order valence-corrected chi connectivity index (χ4v) is 1.35. The van der Waals surface area contributed by atoms with Gasteiger partial charge in [-0.1, -0.05) is 6.58 Å². The lowest BCUT2D eigenvalue weighted by atomic mass is 10.2. The van der Waals surface area contributed by atoms with Crippen LogP contribution in [-0.2, 0) is 4.79 Å². The van der Waals surface area contributed by atoms with Gasteiger partial charge in [0.1, 0.15) is 11.3 Å². The molecule has 2 rings (SSSR count). The van der Waals surface area contributed by atoms with Crippen LogP contribution in [0, 0.1) is 0 Å². The Morgan fingerprint density at radius 1 is 1.44 bits per heavy atom. The molecule has 92 valence electrons. The zero-order chi connectivity index (χ0) is 13.1. The number of hydrogen-bond donors (Lipinski definition) is 2. The summed E-state index contributed by atoms with van der Waals surface area (Å²) in [6, 6.07) is 5.27. The standard InChI is InChI=1S/C12H9NO5/c1-2-11(15)13-18-10-6-12(16)17-9-5-7(14)3-4-8(9)10/h2-6,14H,1H2,(H,13,15). The van der Waals surface area contributed by atoms with Crippen molar-refractivity contribution >= 4 is 16.9 Å². The van der Waals surface area contributed by atoms with Crippen LogP contribution in [-0.4, -0.2) is 11.0 Å². The van der Waals surface area contributed by atoms with Crippen LogP contribution in [0.15, 0.2) is 46.1 Å². The minimum atomic E-state index is -0.657. The van der Waals surface area contributed by atoms with Gasteiger partial charge in [0.15, 0.2) is 5.75 Å². The van der Waals surface area contributed by atoms with Crippen LogP contribution in [0.25, 0.3) is 11.0 Å². The average Bonchev–Trinajstić information content (AvgIpc) is 2.34. The van der Waals surface area contributed by atoms with E-state index in [2.05, 4.69) is 12.1 Å². The summed E-state index contributed by atoms with van der Waals surface area (Å²) in [5.74, 6) is -0.468. The highest BCUT2D eigenvalue weighted by molar-refractivity contribution is 5.87. The number of carbonyl (C=O) groups is 1. The van der Waals surface area contributed by atoms with E-state index in [1.54, 1.807) is 0 Å². The van der Waals surface area contributed by atoms with Gasteiger partial charge in [0.25, 0.3) is 5.91 Å². The molecule has 2 aromatic rings. The molecule has 0 radical (unpaired) electrons. The maximum atomic E-state index is 11.3. The molecule has 1 aromatic heterocycles. The predicted octanol–water partition coefficient (Wildman–Crippen LogP) is 1.09. The first-order valence-electron chi connectivity index (χ1n) is 4.96. The van der Waals surface area contributed by atoms with Gasteiger partial charge >= 0.3 is 5.63 Å². The number of phenolic OH excluding ortho intramolecular Hbond substituents is 1. The number of nitrogens with one attached hydrogen (secondary N) is 1. The van der Waals surface area contributed by atoms with Gasteiger partial charge in [-0.3, -0.25) is 4.79 Å². The van der Waals surface area contributed by atoms with Gasteiger partial charge < -0.3 is 14.4 Å². The van der Waals surface area contributed by atoms with Crippen LogP contribution in [0.4, 0.5) is 0 Å². The maximum Gasteiger partial charge on any atom is 0.340 e. The van der Waals surface area contributed by atoms with Crippen molar-refractivity contribution in [1.29, 1.82) is 0 Å². The van der Waals surface area contributed by atoms with Crippen LogP contribution in [0.5, 0.6) is 11.5 Å². The summed E-state index contributed by atoms with van der Waals surface area (Å²) in [6.45, 7) is 3.26. The Hall–Kier alpha value is -2.76. The summed E-state index contributed by atoms with van der Waals surface area (Å²) in [4.78, 5) is 27.2. The zero-order valence-corrected chi connectivity index (χ0v) is 9.17. The second-order valence-electron chi connectivity index (χ2n) is 3.38. The number of hydroxylamine groups is 1. The molecule has 0 bridgehead atoms. The highest BCUT2D eigenvalue weighted by atomic mass is 16.7. The lowest BCUT2D eigenvalue weighted by Crippen LogP contribution is -2.25. The van der Waals surface area contributed by atoms with Crippen molar-refractivity contribution in [2.45, 2.75) is 0 Å². The van der Waals surface area contributed by atoms with Crippen molar-refractivity contribution in [2.75, 3.05) is 0 Å². The molecule has 18 heavy (non-hydrogen) atoms. The third-order valence-electron chi connectivity index (χ3n) is 2.14. The molecule has 0 aliphatic carbocycles. The van der Waals surface area contributed by atoms with Gasteiger partial charge in [-0.2, -0.15) is 5.48 Å². The van der Waals surface area contributed by atoms with Gasteiger partial charge in [0, 0.05) is 6.07 Å². The molecule has 1 amide bonds. The summed E-state index contributed by atoms with van der Waals surface area (Å²) in [6.07, 6.45) is 1.03. The fraction of sp³-hybridized carbons (Fsp3) is 0. The number of amides is 1. The monoisotopic (exact) mass is 247 g/mol. The number of phenols is 1. The van der Waals surface area contributed by atoms with E-state index in [4.69, 9.17) is 9.25 Å². The van der Waals surface area contributed by atoms with E-state index in [0.717, 1.165) is 12.1 Å². The van der Waals surface area contributed by atoms with Crippen molar-refractivity contribution < 1.29 is 19.2 Å². The Labute approximate surface area is 101 Å². The van der Waals surface area contributed by atoms with E-state index >= 15 is 0 Å². The number of carbonyl (C=O) groups excluding carboxylic acids is 1. The number of rotatable bonds is 3. The van der Waals surface area contributed by atoms with Gasteiger partial charge in [-0.25, -0.2) is 4.79 Å². The molecule has 0 unspecified atom stereocenters. The van der Waals surface area contributed by atoms with Gasteiger partial charge in [0.05, 0.1) is 11.5 Å². The third kappa shape index (κ3) is 2.32. The molecule has 6 heteroatoms. The Morgan fingerprint density at radius 3 is 2.94 bits per heavy atom. The Kier molecular flexibility index (Phi) is 3.01. The molecule has 0 aliphatic rings. The number of benzene rings is 1. The lowest BCUT2D eigenvalue weighted by molar-refractivity contribution is -0.122. The zero-order valence-electron chi connectivity index (χ0n) is 9.17. The largest absolute Gasteiger partial charge is 0.508 e. The summed E-state index contributed by atoms with van der Waals surface area (Å²) in [5.41, 5.74) is 1.58. The highest BCUT2D eigenvalue weighted by Crippen LogP contribution is 2.26. The quantitative estimate of drug-likeness (QED) is 0.481. The van der Waals surface area contributed by atoms with Crippen molar-refractivity contribution in [2.24, 2.45) is 0 Å². The molecule has 0 fully saturated rings. The molecule has 1 aromatic carbocycles. The van der Waals surface area contributed by atoms with Crippen molar-refractivity contribution in [3.63, 3.8) is 0 Å². The van der Waals surface area contributed by atoms with E-state index in [0.29, 0.717) is 5.39 Å². The summed E-state index contributed by atoms with van der Waals surface area (Å²) < 4.78 is 4.89. The minimum absolute atomic E-state index is 0.0436. The number of fused-ring (bicyclic) bond motifs is 1. The van der Waals surface area contributed by atoms with Gasteiger partial charge in [-0.15, -0.1) is 0 Å². The molecule has 0 aliphatic heterocycles. The van der Waals surface area contributed by atoms with Gasteiger partial charge in [-0.05, 0) is 18.2 Å². The SMILES string of the molecule is C=CC(=O)NOc1cc(=O)oc2cc(O)ccc12. The third-order valence-corrected chi connectivity index (χ3v) is 2.14. The second kappa shape index (κ2) is 4.62. The summed E-state index contributed by atoms with van der Waals surface area (Å²) in [5, 5.41) is 9.72. The summed E-state index contributed by atoms with van der Waals surface area (Å²) >= 11 is 0. The fourth-order valence-electron chi connectivity index (χ4n) is 1.35. The molecule has 0 spiro atoms. The minimum Gasteiger partial charge on any atom is -0.508 e. The van der Waals surface area contributed by atoms with Crippen LogP contribution < -0.4 is 15.9 Å². The molecular formula is C12H9NO5. The number of aromatic hydroxyl groups is 1. The van der Waals surface area contributed by atoms with Crippen LogP contribution in [0.2, 0.25) is 0 Å². The normalized spacial score (nSPS) is 10.0. The topological polar surface area (TPSA) is 88.8 Å². The first-order valence-corrected chi connectivity index (χ1v) is 4.96. The molecule has 6 nitrogen and oxygen atoms in total. The maximum absolute atomic E-state index is 11.3. The lowest BCUT2D eigenvalue weighted by Gasteiger charge is -2.07. The molecule has 2 N–H and O–H groups in total. The molecule has 0 saturated carbocycles. The van der Waals surface area contributed by atoms with E-state index in [1.807, 2.05) is 0 Å². The first kappa shape index (κ1) is 11.7. The first-order chi connectivity index (χ1) is 8.60. The number of hydrogen-bond acceptors (Lipinski definition) is 5. The van der Waals surface area contributed by atoms with Crippen LogP contribution >= 0.6 is 0 Å². The summed E-state index contributed by atoms with van der Waals surface area (Å²) in [7, 11) is 0. The predicted molar refractivity (Wildman–Crippen MR) is 63.1 cm³/mol. The van der Waals surface area contributed by atoms with Crippen molar-refractivity contribution in [3.05, 3.63) is 47.3 Å². The molecular weight excluding hydrogens is 238 g/mol. The van der Waals surface area contributed by atoms with Crippen molar-refractivity contribution in [1.82, 2.24) is 5.48 Å². The smallest absolute Gasteiger partial charge is 0.340 e. The Bertz CT molecular complexity index is 674. The van der Waals surface area contributed by atoms with Crippen molar-refractivity contribution in [3.8, 4) is 11.5 Å². The van der Waals surface area contributed by atoms with E-state index in [1.165, 1.54) is 18.2 Å².